The third kappa shape index (κ3) is 5.52. The number of carbonyl (C=O) groups excluding carboxylic acids is 2. The minimum Gasteiger partial charge on any atom is -0.496 e. The molecular formula is C27H33N5O3S. The molecule has 0 saturated carbocycles. The monoisotopic (exact) mass is 507 g/mol. The molecule has 2 saturated heterocycles. The molecule has 2 aliphatic rings. The molecule has 3 aromatic rings. The molecule has 0 aliphatic carbocycles. The number of thiazole rings is 1. The molecule has 0 unspecified atom stereocenters. The van der Waals surface area contributed by atoms with Crippen LogP contribution in [0.2, 0.25) is 0 Å². The molecule has 36 heavy (non-hydrogen) atoms. The van der Waals surface area contributed by atoms with E-state index >= 15 is 0 Å². The van der Waals surface area contributed by atoms with Crippen LogP contribution >= 0.6 is 11.3 Å². The first-order valence-corrected chi connectivity index (χ1v) is 13.7. The maximum atomic E-state index is 13.2. The number of hydrogen-bond donors (Lipinski definition) is 1. The number of aromatic nitrogens is 2. The van der Waals surface area contributed by atoms with Crippen molar-refractivity contribution < 1.29 is 14.3 Å². The normalized spacial score (nSPS) is 17.3. The van der Waals surface area contributed by atoms with Crippen LogP contribution in [0.1, 0.15) is 64.0 Å². The lowest BCUT2D eigenvalue weighted by Gasteiger charge is -2.31. The minimum absolute atomic E-state index is 0.0783. The molecule has 0 atom stereocenters. The molecule has 5 rings (SSSR count). The minimum atomic E-state index is -0.0987. The number of benzene rings is 1. The van der Waals surface area contributed by atoms with Crippen LogP contribution < -0.4 is 10.1 Å². The smallest absolute Gasteiger partial charge is 0.272 e. The number of piperidine rings is 2. The Balaban J connectivity index is 1.15. The van der Waals surface area contributed by atoms with Gasteiger partial charge in [0.1, 0.15) is 17.1 Å². The van der Waals surface area contributed by atoms with E-state index in [1.54, 1.807) is 24.5 Å². The zero-order valence-electron chi connectivity index (χ0n) is 20.7. The van der Waals surface area contributed by atoms with Crippen LogP contribution in [-0.4, -0.2) is 78.0 Å². The van der Waals surface area contributed by atoms with E-state index in [-0.39, 0.29) is 17.7 Å². The van der Waals surface area contributed by atoms with Gasteiger partial charge in [-0.3, -0.25) is 9.59 Å². The molecule has 1 N–H and O–H groups in total. The number of methoxy groups -OCH3 is 1. The van der Waals surface area contributed by atoms with Crippen molar-refractivity contribution in [1.82, 2.24) is 25.1 Å². The van der Waals surface area contributed by atoms with Gasteiger partial charge in [0.25, 0.3) is 11.8 Å². The van der Waals surface area contributed by atoms with Crippen molar-refractivity contribution in [3.63, 3.8) is 0 Å². The van der Waals surface area contributed by atoms with E-state index in [9.17, 15) is 9.59 Å². The van der Waals surface area contributed by atoms with Crippen molar-refractivity contribution in [2.75, 3.05) is 46.4 Å². The van der Waals surface area contributed by atoms with Crippen LogP contribution in [-0.2, 0) is 0 Å². The molecule has 0 radical (unpaired) electrons. The molecule has 2 fully saturated rings. The number of pyridine rings is 1. The van der Waals surface area contributed by atoms with Crippen LogP contribution in [0.5, 0.6) is 5.75 Å². The van der Waals surface area contributed by atoms with E-state index in [1.807, 2.05) is 34.5 Å². The summed E-state index contributed by atoms with van der Waals surface area (Å²) in [6, 6.07) is 9.41. The van der Waals surface area contributed by atoms with Gasteiger partial charge in [0, 0.05) is 48.9 Å². The van der Waals surface area contributed by atoms with Crippen LogP contribution in [0.3, 0.4) is 0 Å². The second kappa shape index (κ2) is 11.3. The Morgan fingerprint density at radius 1 is 1.06 bits per heavy atom. The third-order valence-corrected chi connectivity index (χ3v) is 8.17. The summed E-state index contributed by atoms with van der Waals surface area (Å²) in [6.45, 7) is 5.08. The van der Waals surface area contributed by atoms with Gasteiger partial charge in [-0.25, -0.2) is 9.97 Å². The topological polar surface area (TPSA) is 87.7 Å². The molecule has 2 aliphatic heterocycles. The van der Waals surface area contributed by atoms with E-state index in [0.29, 0.717) is 36.8 Å². The Morgan fingerprint density at radius 2 is 1.83 bits per heavy atom. The molecular weight excluding hydrogens is 474 g/mol. The van der Waals surface area contributed by atoms with Gasteiger partial charge in [-0.1, -0.05) is 18.6 Å². The zero-order chi connectivity index (χ0) is 24.9. The highest BCUT2D eigenvalue weighted by molar-refractivity contribution is 7.09. The number of nitrogens with zero attached hydrogens (tertiary/aromatic N) is 4. The fourth-order valence-electron chi connectivity index (χ4n) is 5.09. The van der Waals surface area contributed by atoms with Crippen LogP contribution in [0.25, 0.3) is 10.9 Å². The maximum absolute atomic E-state index is 13.2. The molecule has 2 amide bonds. The molecule has 2 aromatic heterocycles. The Morgan fingerprint density at radius 3 is 2.61 bits per heavy atom. The number of amides is 2. The van der Waals surface area contributed by atoms with E-state index < -0.39 is 0 Å². The summed E-state index contributed by atoms with van der Waals surface area (Å²) < 4.78 is 5.50. The van der Waals surface area contributed by atoms with Gasteiger partial charge in [-0.2, -0.15) is 0 Å². The lowest BCUT2D eigenvalue weighted by molar-refractivity contribution is 0.0707. The number of rotatable bonds is 7. The second-order valence-corrected chi connectivity index (χ2v) is 10.4. The predicted molar refractivity (Wildman–Crippen MR) is 141 cm³/mol. The van der Waals surface area contributed by atoms with Crippen molar-refractivity contribution in [3.05, 3.63) is 52.1 Å². The number of carbonyl (C=O) groups is 2. The summed E-state index contributed by atoms with van der Waals surface area (Å²) in [7, 11) is 1.61. The highest BCUT2D eigenvalue weighted by Gasteiger charge is 2.28. The van der Waals surface area contributed by atoms with E-state index in [1.165, 1.54) is 19.3 Å². The molecule has 4 heterocycles. The average molecular weight is 508 g/mol. The molecule has 0 spiro atoms. The van der Waals surface area contributed by atoms with Crippen molar-refractivity contribution in [2.45, 2.75) is 38.0 Å². The summed E-state index contributed by atoms with van der Waals surface area (Å²) >= 11 is 1.54. The summed E-state index contributed by atoms with van der Waals surface area (Å²) in [5.74, 6) is 0.736. The summed E-state index contributed by atoms with van der Waals surface area (Å²) in [5, 5.41) is 6.75. The van der Waals surface area contributed by atoms with Gasteiger partial charge in [-0.15, -0.1) is 11.3 Å². The van der Waals surface area contributed by atoms with Gasteiger partial charge < -0.3 is 19.9 Å². The number of hydrogen-bond acceptors (Lipinski definition) is 7. The van der Waals surface area contributed by atoms with Crippen molar-refractivity contribution in [1.29, 1.82) is 0 Å². The number of nitrogens with one attached hydrogen (secondary N) is 1. The number of likely N-dealkylation sites (tertiary alicyclic amines) is 2. The maximum Gasteiger partial charge on any atom is 0.272 e. The SMILES string of the molecule is COc1cc(C(=O)N2CCC(c3nc(C(=O)NCCN4CCCCC4)cs3)CC2)nc2ccccc12. The lowest BCUT2D eigenvalue weighted by atomic mass is 9.97. The fourth-order valence-corrected chi connectivity index (χ4v) is 6.07. The Hall–Kier alpha value is -3.04. The van der Waals surface area contributed by atoms with Crippen LogP contribution in [0.4, 0.5) is 0 Å². The number of ether oxygens (including phenoxy) is 1. The van der Waals surface area contributed by atoms with E-state index in [0.717, 1.165) is 48.4 Å². The van der Waals surface area contributed by atoms with Crippen molar-refractivity contribution >= 4 is 34.1 Å². The molecule has 1 aromatic carbocycles. The van der Waals surface area contributed by atoms with E-state index in [4.69, 9.17) is 4.74 Å². The molecule has 9 heteroatoms. The largest absolute Gasteiger partial charge is 0.496 e. The molecule has 190 valence electrons. The van der Waals surface area contributed by atoms with Gasteiger partial charge in [0.05, 0.1) is 17.6 Å². The Bertz CT molecular complexity index is 1220. The van der Waals surface area contributed by atoms with Gasteiger partial charge >= 0.3 is 0 Å². The number of para-hydroxylation sites is 1. The van der Waals surface area contributed by atoms with E-state index in [2.05, 4.69) is 20.2 Å². The molecule has 8 nitrogen and oxygen atoms in total. The third-order valence-electron chi connectivity index (χ3n) is 7.17. The summed E-state index contributed by atoms with van der Waals surface area (Å²) in [6.07, 6.45) is 5.45. The quantitative estimate of drug-likeness (QED) is 0.521. The highest BCUT2D eigenvalue weighted by atomic mass is 32.1. The Kier molecular flexibility index (Phi) is 7.77. The van der Waals surface area contributed by atoms with Crippen LogP contribution in [0, 0.1) is 0 Å². The first-order valence-electron chi connectivity index (χ1n) is 12.8. The average Bonchev–Trinajstić information content (AvgIpc) is 3.43. The van der Waals surface area contributed by atoms with Crippen LogP contribution in [0.15, 0.2) is 35.7 Å². The summed E-state index contributed by atoms with van der Waals surface area (Å²) in [5.41, 5.74) is 1.65. The van der Waals surface area contributed by atoms with Gasteiger partial charge in [0.15, 0.2) is 0 Å². The van der Waals surface area contributed by atoms with Crippen molar-refractivity contribution in [2.24, 2.45) is 0 Å². The van der Waals surface area contributed by atoms with Crippen molar-refractivity contribution in [3.8, 4) is 5.75 Å². The van der Waals surface area contributed by atoms with Gasteiger partial charge in [0.2, 0.25) is 0 Å². The second-order valence-electron chi connectivity index (χ2n) is 9.52. The Labute approximate surface area is 215 Å². The molecule has 0 bridgehead atoms. The fraction of sp³-hybridized carbons (Fsp3) is 0.481. The van der Waals surface area contributed by atoms with Gasteiger partial charge in [-0.05, 0) is 50.9 Å². The first kappa shape index (κ1) is 24.6. The summed E-state index contributed by atoms with van der Waals surface area (Å²) in [4.78, 5) is 39.3. The zero-order valence-corrected chi connectivity index (χ0v) is 21.6. The highest BCUT2D eigenvalue weighted by Crippen LogP contribution is 2.32. The standard InChI is InChI=1S/C27H33N5O3S/c1-35-24-17-22(29-21-8-4-3-7-20(21)24)27(34)32-14-9-19(10-15-32)26-30-23(18-36-26)25(33)28-11-16-31-12-5-2-6-13-31/h3-4,7-8,17-19H,2,5-6,9-16H2,1H3,(H,28,33). The predicted octanol–water partition coefficient (Wildman–Crippen LogP) is 3.94. The lowest BCUT2D eigenvalue weighted by Crippen LogP contribution is -2.38. The first-order chi connectivity index (χ1) is 17.6. The number of fused-ring (bicyclic) bond motifs is 1.